The van der Waals surface area contributed by atoms with Gasteiger partial charge < -0.3 is 4.74 Å². The number of hydrogen-bond acceptors (Lipinski definition) is 4. The molecule has 0 aliphatic carbocycles. The first kappa shape index (κ1) is 19.0. The van der Waals surface area contributed by atoms with Crippen molar-refractivity contribution >= 4 is 35.2 Å². The monoisotopic (exact) mass is 407 g/mol. The molecular formula is C22H18ClN3O3. The lowest BCUT2D eigenvalue weighted by atomic mass is 10.1. The lowest BCUT2D eigenvalue weighted by Gasteiger charge is -2.13. The molecule has 1 fully saturated rings. The van der Waals surface area contributed by atoms with Crippen molar-refractivity contribution in [1.82, 2.24) is 9.78 Å². The molecule has 0 atom stereocenters. The second-order valence-electron chi connectivity index (χ2n) is 6.55. The lowest BCUT2D eigenvalue weighted by Crippen LogP contribution is -2.23. The Labute approximate surface area is 173 Å². The van der Waals surface area contributed by atoms with Crippen molar-refractivity contribution in [3.63, 3.8) is 0 Å². The molecule has 146 valence electrons. The van der Waals surface area contributed by atoms with E-state index in [4.69, 9.17) is 16.3 Å². The normalized spacial score (nSPS) is 13.9. The van der Waals surface area contributed by atoms with Crippen LogP contribution in [0.4, 0.5) is 10.5 Å². The fraction of sp³-hybridized carbons (Fsp3) is 0.136. The maximum Gasteiger partial charge on any atom is 0.414 e. The molecule has 0 bridgehead atoms. The molecule has 1 amide bonds. The van der Waals surface area contributed by atoms with Crippen LogP contribution in [0.25, 0.3) is 11.8 Å². The summed E-state index contributed by atoms with van der Waals surface area (Å²) in [6.07, 6.45) is 2.73. The van der Waals surface area contributed by atoms with Crippen LogP contribution in [0.5, 0.6) is 0 Å². The van der Waals surface area contributed by atoms with Crippen LogP contribution < -0.4 is 4.90 Å². The molecule has 29 heavy (non-hydrogen) atoms. The second kappa shape index (κ2) is 7.93. The van der Waals surface area contributed by atoms with Gasteiger partial charge in [-0.25, -0.2) is 9.48 Å². The first-order chi connectivity index (χ1) is 14.0. The smallest absolute Gasteiger partial charge is 0.414 e. The Bertz CT molecular complexity index is 1110. The summed E-state index contributed by atoms with van der Waals surface area (Å²) in [6.45, 7) is 2.66. The van der Waals surface area contributed by atoms with Gasteiger partial charge in [0.1, 0.15) is 11.8 Å². The van der Waals surface area contributed by atoms with Gasteiger partial charge in [0.25, 0.3) is 0 Å². The van der Waals surface area contributed by atoms with Crippen molar-refractivity contribution in [2.45, 2.75) is 6.92 Å². The molecule has 2 aromatic carbocycles. The van der Waals surface area contributed by atoms with E-state index in [1.807, 2.05) is 37.3 Å². The Morgan fingerprint density at radius 2 is 1.90 bits per heavy atom. The Morgan fingerprint density at radius 1 is 1.14 bits per heavy atom. The quantitative estimate of drug-likeness (QED) is 0.454. The number of cyclic esters (lactones) is 1. The molecular weight excluding hydrogens is 390 g/mol. The second-order valence-corrected chi connectivity index (χ2v) is 6.91. The predicted octanol–water partition coefficient (Wildman–Crippen LogP) is 4.69. The molecule has 4 rings (SSSR count). The fourth-order valence-corrected chi connectivity index (χ4v) is 3.49. The number of hydrogen-bond donors (Lipinski definition) is 0. The first-order valence-corrected chi connectivity index (χ1v) is 9.49. The van der Waals surface area contributed by atoms with Crippen LogP contribution >= 0.6 is 11.6 Å². The van der Waals surface area contributed by atoms with E-state index in [0.717, 1.165) is 11.4 Å². The number of allylic oxidation sites excluding steroid dienone is 1. The zero-order valence-electron chi connectivity index (χ0n) is 15.7. The van der Waals surface area contributed by atoms with Gasteiger partial charge in [-0.1, -0.05) is 41.9 Å². The highest BCUT2D eigenvalue weighted by Crippen LogP contribution is 2.25. The summed E-state index contributed by atoms with van der Waals surface area (Å²) in [5.74, 6) is -0.192. The van der Waals surface area contributed by atoms with Gasteiger partial charge in [0.2, 0.25) is 0 Å². The van der Waals surface area contributed by atoms with E-state index in [9.17, 15) is 9.59 Å². The summed E-state index contributed by atoms with van der Waals surface area (Å²) >= 11 is 6.50. The third kappa shape index (κ3) is 3.79. The summed E-state index contributed by atoms with van der Waals surface area (Å²) < 4.78 is 6.59. The van der Waals surface area contributed by atoms with Crippen molar-refractivity contribution in [3.8, 4) is 5.69 Å². The molecule has 7 heteroatoms. The molecule has 1 aromatic heterocycles. The molecule has 1 aliphatic rings. The van der Waals surface area contributed by atoms with Gasteiger partial charge in [0, 0.05) is 16.8 Å². The highest BCUT2D eigenvalue weighted by Gasteiger charge is 2.24. The number of carbonyl (C=O) groups is 2. The van der Waals surface area contributed by atoms with Gasteiger partial charge in [-0.3, -0.25) is 9.69 Å². The minimum Gasteiger partial charge on any atom is -0.447 e. The number of para-hydroxylation sites is 1. The van der Waals surface area contributed by atoms with Crippen LogP contribution in [-0.4, -0.2) is 34.8 Å². The molecule has 3 aromatic rings. The molecule has 2 heterocycles. The van der Waals surface area contributed by atoms with Gasteiger partial charge in [0.05, 0.1) is 17.9 Å². The van der Waals surface area contributed by atoms with E-state index < -0.39 is 6.09 Å². The number of amides is 1. The van der Waals surface area contributed by atoms with Crippen LogP contribution in [-0.2, 0) is 4.74 Å². The SMILES string of the molecule is Cc1nn(-c2ccccc2)c(Cl)c1C=CC(=O)c1cccc(N2CCOC2=O)c1. The predicted molar refractivity (Wildman–Crippen MR) is 112 cm³/mol. The number of benzene rings is 2. The Hall–Kier alpha value is -3.38. The zero-order valence-corrected chi connectivity index (χ0v) is 16.5. The number of ketones is 1. The molecule has 0 radical (unpaired) electrons. The van der Waals surface area contributed by atoms with Gasteiger partial charge in [-0.15, -0.1) is 0 Å². The van der Waals surface area contributed by atoms with Crippen LogP contribution in [0.2, 0.25) is 5.15 Å². The topological polar surface area (TPSA) is 64.4 Å². The number of rotatable bonds is 5. The Kier molecular flexibility index (Phi) is 5.18. The molecule has 6 nitrogen and oxygen atoms in total. The van der Waals surface area contributed by atoms with Crippen LogP contribution in [0.15, 0.2) is 60.7 Å². The molecule has 0 N–H and O–H groups in total. The van der Waals surface area contributed by atoms with E-state index in [1.165, 1.54) is 11.0 Å². The van der Waals surface area contributed by atoms with Crippen LogP contribution in [0.3, 0.4) is 0 Å². The summed E-state index contributed by atoms with van der Waals surface area (Å²) in [4.78, 5) is 25.9. The van der Waals surface area contributed by atoms with Gasteiger partial charge >= 0.3 is 6.09 Å². The Balaban J connectivity index is 1.58. The number of halogens is 1. The van der Waals surface area contributed by atoms with E-state index >= 15 is 0 Å². The van der Waals surface area contributed by atoms with Crippen LogP contribution in [0, 0.1) is 6.92 Å². The van der Waals surface area contributed by atoms with Crippen molar-refractivity contribution in [2.24, 2.45) is 0 Å². The summed E-state index contributed by atoms with van der Waals surface area (Å²) in [5.41, 5.74) is 3.36. The molecule has 0 unspecified atom stereocenters. The van der Waals surface area contributed by atoms with Crippen molar-refractivity contribution in [1.29, 1.82) is 0 Å². The average molecular weight is 408 g/mol. The third-order valence-corrected chi connectivity index (χ3v) is 5.02. The standard InChI is InChI=1S/C22H18ClN3O3/c1-15-19(21(23)26(24-15)17-7-3-2-4-8-17)10-11-20(27)16-6-5-9-18(14-16)25-12-13-29-22(25)28/h2-11,14H,12-13H2,1H3. The zero-order chi connectivity index (χ0) is 20.4. The van der Waals surface area contributed by atoms with Crippen molar-refractivity contribution in [3.05, 3.63) is 82.6 Å². The van der Waals surface area contributed by atoms with Gasteiger partial charge in [-0.05, 0) is 43.3 Å². The molecule has 1 aliphatic heterocycles. The highest BCUT2D eigenvalue weighted by atomic mass is 35.5. The number of ether oxygens (including phenoxy) is 1. The number of nitrogens with zero attached hydrogens (tertiary/aromatic N) is 3. The number of anilines is 1. The van der Waals surface area contributed by atoms with E-state index in [-0.39, 0.29) is 5.78 Å². The molecule has 0 spiro atoms. The number of aryl methyl sites for hydroxylation is 1. The summed E-state index contributed by atoms with van der Waals surface area (Å²) in [5, 5.41) is 4.91. The summed E-state index contributed by atoms with van der Waals surface area (Å²) in [7, 11) is 0. The van der Waals surface area contributed by atoms with E-state index in [0.29, 0.717) is 35.1 Å². The van der Waals surface area contributed by atoms with E-state index in [2.05, 4.69) is 5.10 Å². The summed E-state index contributed by atoms with van der Waals surface area (Å²) in [6, 6.07) is 16.5. The highest BCUT2D eigenvalue weighted by molar-refractivity contribution is 6.31. The molecule has 0 saturated carbocycles. The van der Waals surface area contributed by atoms with E-state index in [1.54, 1.807) is 35.0 Å². The third-order valence-electron chi connectivity index (χ3n) is 4.65. The minimum atomic E-state index is -0.402. The van der Waals surface area contributed by atoms with Crippen molar-refractivity contribution in [2.75, 3.05) is 18.1 Å². The van der Waals surface area contributed by atoms with Crippen molar-refractivity contribution < 1.29 is 14.3 Å². The number of aromatic nitrogens is 2. The minimum absolute atomic E-state index is 0.192. The van der Waals surface area contributed by atoms with Crippen LogP contribution in [0.1, 0.15) is 21.6 Å². The molecule has 1 saturated heterocycles. The maximum atomic E-state index is 12.7. The van der Waals surface area contributed by atoms with Gasteiger partial charge in [-0.2, -0.15) is 5.10 Å². The largest absolute Gasteiger partial charge is 0.447 e. The Morgan fingerprint density at radius 3 is 2.62 bits per heavy atom. The lowest BCUT2D eigenvalue weighted by molar-refractivity contribution is 0.104. The fourth-order valence-electron chi connectivity index (χ4n) is 3.15. The van der Waals surface area contributed by atoms with Gasteiger partial charge in [0.15, 0.2) is 5.78 Å². The average Bonchev–Trinajstić information content (AvgIpc) is 3.30. The maximum absolute atomic E-state index is 12.7. The first-order valence-electron chi connectivity index (χ1n) is 9.12. The number of carbonyl (C=O) groups excluding carboxylic acids is 2.